The second kappa shape index (κ2) is 5.58. The molecule has 1 aromatic rings. The van der Waals surface area contributed by atoms with Crippen molar-refractivity contribution in [2.24, 2.45) is 4.99 Å². The van der Waals surface area contributed by atoms with Gasteiger partial charge in [-0.25, -0.2) is 17.6 Å². The largest absolute Gasteiger partial charge is 0.376 e. The summed E-state index contributed by atoms with van der Waals surface area (Å²) in [7, 11) is -3.92. The minimum Gasteiger partial charge on any atom is -0.376 e. The SMILES string of the molecule is O=C=NC1COCCN1S(=O)(=O)c1cccc(F)c1. The number of ether oxygens (including phenoxy) is 1. The van der Waals surface area contributed by atoms with E-state index in [9.17, 15) is 17.6 Å². The van der Waals surface area contributed by atoms with Gasteiger partial charge in [-0.3, -0.25) is 0 Å². The predicted octanol–water partition coefficient (Wildman–Crippen LogP) is 0.508. The quantitative estimate of drug-likeness (QED) is 0.599. The van der Waals surface area contributed by atoms with Crippen LogP contribution in [0.15, 0.2) is 34.2 Å². The molecule has 0 bridgehead atoms. The van der Waals surface area contributed by atoms with Crippen molar-refractivity contribution in [1.82, 2.24) is 4.31 Å². The van der Waals surface area contributed by atoms with E-state index in [0.717, 1.165) is 16.4 Å². The Morgan fingerprint density at radius 1 is 1.47 bits per heavy atom. The van der Waals surface area contributed by atoms with Gasteiger partial charge in [0.25, 0.3) is 0 Å². The fourth-order valence-electron chi connectivity index (χ4n) is 1.78. The van der Waals surface area contributed by atoms with E-state index >= 15 is 0 Å². The second-order valence-corrected chi connectivity index (χ2v) is 5.74. The molecule has 1 fully saturated rings. The van der Waals surface area contributed by atoms with Gasteiger partial charge in [-0.15, -0.1) is 0 Å². The van der Waals surface area contributed by atoms with E-state index in [0.29, 0.717) is 0 Å². The molecule has 0 amide bonds. The molecule has 0 aromatic heterocycles. The smallest absolute Gasteiger partial charge is 0.245 e. The fourth-order valence-corrected chi connectivity index (χ4v) is 3.31. The lowest BCUT2D eigenvalue weighted by molar-refractivity contribution is 0.0359. The van der Waals surface area contributed by atoms with Crippen LogP contribution in [0.1, 0.15) is 0 Å². The lowest BCUT2D eigenvalue weighted by atomic mass is 10.4. The lowest BCUT2D eigenvalue weighted by Gasteiger charge is -2.30. The van der Waals surface area contributed by atoms with E-state index in [1.807, 2.05) is 0 Å². The maximum atomic E-state index is 13.1. The van der Waals surface area contributed by atoms with Crippen molar-refractivity contribution < 1.29 is 22.3 Å². The van der Waals surface area contributed by atoms with Gasteiger partial charge in [0.05, 0.1) is 18.1 Å². The van der Waals surface area contributed by atoms with Crippen LogP contribution in [0.4, 0.5) is 4.39 Å². The molecule has 0 radical (unpaired) electrons. The number of hydrogen-bond donors (Lipinski definition) is 0. The predicted molar refractivity (Wildman–Crippen MR) is 63.0 cm³/mol. The topological polar surface area (TPSA) is 76.0 Å². The number of isocyanates is 1. The first-order valence-electron chi connectivity index (χ1n) is 5.48. The molecule has 1 saturated heterocycles. The van der Waals surface area contributed by atoms with E-state index in [-0.39, 0.29) is 24.7 Å². The van der Waals surface area contributed by atoms with Crippen LogP contribution in [0.5, 0.6) is 0 Å². The van der Waals surface area contributed by atoms with Crippen LogP contribution < -0.4 is 0 Å². The summed E-state index contributed by atoms with van der Waals surface area (Å²) < 4.78 is 43.9. The summed E-state index contributed by atoms with van der Waals surface area (Å²) in [4.78, 5) is 13.5. The molecule has 1 unspecified atom stereocenters. The monoisotopic (exact) mass is 286 g/mol. The summed E-state index contributed by atoms with van der Waals surface area (Å²) in [6.07, 6.45) is 0.358. The van der Waals surface area contributed by atoms with Gasteiger partial charge in [-0.1, -0.05) is 6.07 Å². The Morgan fingerprint density at radius 3 is 2.95 bits per heavy atom. The van der Waals surface area contributed by atoms with Crippen molar-refractivity contribution in [3.8, 4) is 0 Å². The number of morpholine rings is 1. The molecule has 0 N–H and O–H groups in total. The number of aliphatic imine (C=N–C) groups is 1. The molecule has 2 rings (SSSR count). The third-order valence-corrected chi connectivity index (χ3v) is 4.55. The van der Waals surface area contributed by atoms with Gasteiger partial charge >= 0.3 is 0 Å². The lowest BCUT2D eigenvalue weighted by Crippen LogP contribution is -2.47. The molecule has 102 valence electrons. The first-order valence-corrected chi connectivity index (χ1v) is 6.92. The van der Waals surface area contributed by atoms with Crippen molar-refractivity contribution in [2.75, 3.05) is 19.8 Å². The highest BCUT2D eigenvalue weighted by Crippen LogP contribution is 2.21. The van der Waals surface area contributed by atoms with Crippen LogP contribution in [0.2, 0.25) is 0 Å². The van der Waals surface area contributed by atoms with E-state index in [1.54, 1.807) is 0 Å². The van der Waals surface area contributed by atoms with Gasteiger partial charge in [0.15, 0.2) is 6.17 Å². The third-order valence-electron chi connectivity index (χ3n) is 2.66. The standard InChI is InChI=1S/C11H11FN2O4S/c12-9-2-1-3-10(6-9)19(16,17)14-4-5-18-7-11(14)13-8-15/h1-3,6,11H,4-5,7H2. The Kier molecular flexibility index (Phi) is 4.06. The van der Waals surface area contributed by atoms with Gasteiger partial charge in [0.2, 0.25) is 16.1 Å². The zero-order valence-electron chi connectivity index (χ0n) is 9.82. The number of hydrogen-bond acceptors (Lipinski definition) is 5. The summed E-state index contributed by atoms with van der Waals surface area (Å²) in [5.74, 6) is -0.648. The Balaban J connectivity index is 2.39. The summed E-state index contributed by atoms with van der Waals surface area (Å²) in [6, 6.07) is 4.67. The average molecular weight is 286 g/mol. The van der Waals surface area contributed by atoms with Crippen LogP contribution >= 0.6 is 0 Å². The molecule has 1 aliphatic heterocycles. The Bertz CT molecular complexity index is 613. The highest BCUT2D eigenvalue weighted by Gasteiger charge is 2.34. The van der Waals surface area contributed by atoms with E-state index in [4.69, 9.17) is 4.74 Å². The van der Waals surface area contributed by atoms with Gasteiger partial charge in [-0.05, 0) is 18.2 Å². The van der Waals surface area contributed by atoms with Crippen molar-refractivity contribution in [1.29, 1.82) is 0 Å². The molecule has 0 saturated carbocycles. The molecule has 1 atom stereocenters. The fraction of sp³-hybridized carbons (Fsp3) is 0.364. The van der Waals surface area contributed by atoms with Crippen LogP contribution in [-0.2, 0) is 19.6 Å². The average Bonchev–Trinajstić information content (AvgIpc) is 2.39. The highest BCUT2D eigenvalue weighted by molar-refractivity contribution is 7.89. The zero-order valence-corrected chi connectivity index (χ0v) is 10.6. The van der Waals surface area contributed by atoms with E-state index in [2.05, 4.69) is 4.99 Å². The summed E-state index contributed by atoms with van der Waals surface area (Å²) in [6.45, 7) is 0.220. The minimum atomic E-state index is -3.92. The molecule has 6 nitrogen and oxygen atoms in total. The van der Waals surface area contributed by atoms with Crippen molar-refractivity contribution in [3.63, 3.8) is 0 Å². The minimum absolute atomic E-state index is 0.0240. The van der Waals surface area contributed by atoms with Gasteiger partial charge in [-0.2, -0.15) is 9.30 Å². The molecule has 0 spiro atoms. The molecule has 19 heavy (non-hydrogen) atoms. The number of halogens is 1. The number of sulfonamides is 1. The Hall–Kier alpha value is -1.60. The van der Waals surface area contributed by atoms with Crippen LogP contribution in [0.3, 0.4) is 0 Å². The Labute approximate surface area is 109 Å². The maximum absolute atomic E-state index is 13.1. The normalized spacial score (nSPS) is 20.8. The summed E-state index contributed by atoms with van der Waals surface area (Å²) >= 11 is 0. The van der Waals surface area contributed by atoms with E-state index < -0.39 is 22.0 Å². The highest BCUT2D eigenvalue weighted by atomic mass is 32.2. The zero-order chi connectivity index (χ0) is 13.9. The molecule has 1 aromatic carbocycles. The molecule has 1 aliphatic rings. The second-order valence-electron chi connectivity index (χ2n) is 3.85. The van der Waals surface area contributed by atoms with E-state index in [1.165, 1.54) is 18.2 Å². The molecule has 1 heterocycles. The van der Waals surface area contributed by atoms with Crippen LogP contribution in [0, 0.1) is 5.82 Å². The van der Waals surface area contributed by atoms with Crippen LogP contribution in [-0.4, -0.2) is 44.7 Å². The molecule has 8 heteroatoms. The maximum Gasteiger partial charge on any atom is 0.245 e. The number of carbonyl (C=O) groups excluding carboxylic acids is 1. The third kappa shape index (κ3) is 2.87. The molecular weight excluding hydrogens is 275 g/mol. The first-order chi connectivity index (χ1) is 9.05. The van der Waals surface area contributed by atoms with Gasteiger partial charge < -0.3 is 4.74 Å². The number of benzene rings is 1. The molecule has 0 aliphatic carbocycles. The van der Waals surface area contributed by atoms with Gasteiger partial charge in [0.1, 0.15) is 5.82 Å². The summed E-state index contributed by atoms with van der Waals surface area (Å²) in [5.41, 5.74) is 0. The van der Waals surface area contributed by atoms with Gasteiger partial charge in [0, 0.05) is 6.54 Å². The number of rotatable bonds is 3. The van der Waals surface area contributed by atoms with Crippen molar-refractivity contribution in [3.05, 3.63) is 30.1 Å². The first kappa shape index (κ1) is 13.8. The van der Waals surface area contributed by atoms with Crippen molar-refractivity contribution in [2.45, 2.75) is 11.1 Å². The summed E-state index contributed by atoms with van der Waals surface area (Å²) in [5, 5.41) is 0. The molecular formula is C11H11FN2O4S. The number of nitrogens with zero attached hydrogens (tertiary/aromatic N) is 2. The Morgan fingerprint density at radius 2 is 2.26 bits per heavy atom. The van der Waals surface area contributed by atoms with Crippen molar-refractivity contribution >= 4 is 16.1 Å². The van der Waals surface area contributed by atoms with Crippen LogP contribution in [0.25, 0.3) is 0 Å².